The molecule has 1 heterocycles. The first-order valence-electron chi connectivity index (χ1n) is 13.5. The Kier molecular flexibility index (Phi) is 7.90. The number of hydrogen-bond donors (Lipinski definition) is 0. The first-order chi connectivity index (χ1) is 19.1. The van der Waals surface area contributed by atoms with E-state index >= 15 is 0 Å². The van der Waals surface area contributed by atoms with E-state index in [1.165, 1.54) is 49.9 Å². The second-order valence-electron chi connectivity index (χ2n) is 9.99. The van der Waals surface area contributed by atoms with Crippen LogP contribution in [0.5, 0.6) is 0 Å². The third-order valence-electron chi connectivity index (χ3n) is 7.20. The van der Waals surface area contributed by atoms with Crippen LogP contribution in [0, 0.1) is 6.92 Å². The van der Waals surface area contributed by atoms with Crippen LogP contribution in [0.3, 0.4) is 0 Å². The second kappa shape index (κ2) is 11.8. The minimum atomic E-state index is 0.0752. The molecule has 0 atom stereocenters. The van der Waals surface area contributed by atoms with Crippen LogP contribution in [0.1, 0.15) is 23.6 Å². The highest BCUT2D eigenvalue weighted by Crippen LogP contribution is 2.27. The van der Waals surface area contributed by atoms with Crippen LogP contribution in [0.2, 0.25) is 0 Å². The summed E-state index contributed by atoms with van der Waals surface area (Å²) in [5.74, 6) is 2.30. The van der Waals surface area contributed by atoms with Gasteiger partial charge in [0.1, 0.15) is 0 Å². The van der Waals surface area contributed by atoms with E-state index in [9.17, 15) is 0 Å². The quantitative estimate of drug-likeness (QED) is 0.183. The number of hydrogen-bond acceptors (Lipinski definition) is 0. The minimum Gasteiger partial charge on any atom is -0.105 e. The van der Waals surface area contributed by atoms with E-state index in [0.717, 1.165) is 11.1 Å². The molecular weight excluding hydrogens is 467 g/mol. The highest BCUT2D eigenvalue weighted by atomic mass is 14.1. The fourth-order valence-corrected chi connectivity index (χ4v) is 5.29. The minimum absolute atomic E-state index is 0.0752. The topological polar surface area (TPSA) is 0 Å². The molecule has 0 fully saturated rings. The molecule has 39 heavy (non-hydrogen) atoms. The van der Waals surface area contributed by atoms with E-state index in [2.05, 4.69) is 160 Å². The van der Waals surface area contributed by atoms with Crippen molar-refractivity contribution in [1.29, 1.82) is 0 Å². The molecule has 0 amide bonds. The highest BCUT2D eigenvalue weighted by molar-refractivity contribution is 6.89. The zero-order chi connectivity index (χ0) is 27.2. The molecule has 4 aromatic carbocycles. The molecule has 0 saturated carbocycles. The first kappa shape index (κ1) is 26.0. The van der Waals surface area contributed by atoms with Crippen LogP contribution in [0.25, 0.3) is 33.4 Å². The lowest BCUT2D eigenvalue weighted by Gasteiger charge is -2.21. The summed E-state index contributed by atoms with van der Waals surface area (Å²) in [6.45, 7) is 12.7. The summed E-state index contributed by atoms with van der Waals surface area (Å²) in [5, 5.41) is 0. The van der Waals surface area contributed by atoms with Gasteiger partial charge in [0.25, 0.3) is 0 Å². The van der Waals surface area contributed by atoms with Crippen molar-refractivity contribution in [3.8, 4) is 22.3 Å². The lowest BCUT2D eigenvalue weighted by molar-refractivity contribution is 1.47. The van der Waals surface area contributed by atoms with Crippen molar-refractivity contribution in [3.05, 3.63) is 169 Å². The van der Waals surface area contributed by atoms with Gasteiger partial charge in [0.15, 0.2) is 0 Å². The van der Waals surface area contributed by atoms with Gasteiger partial charge in [-0.15, -0.1) is 5.98 Å². The summed E-state index contributed by atoms with van der Waals surface area (Å²) in [6, 6.07) is 33.1. The molecular formula is C38H33B. The van der Waals surface area contributed by atoms with Gasteiger partial charge in [-0.25, -0.2) is 0 Å². The SMILES string of the molecule is C=C/C=C(\C=C/C)c1cc(B2/C=C\C=C/C(=C)c3cc(-c4cccc(C)c4)ccc32)cc(-c2ccccc2)c1. The van der Waals surface area contributed by atoms with Crippen LogP contribution < -0.4 is 10.9 Å². The van der Waals surface area contributed by atoms with Gasteiger partial charge in [-0.3, -0.25) is 0 Å². The summed E-state index contributed by atoms with van der Waals surface area (Å²) in [6.07, 6.45) is 14.5. The monoisotopic (exact) mass is 500 g/mol. The van der Waals surface area contributed by atoms with Crippen molar-refractivity contribution in [3.63, 3.8) is 0 Å². The molecule has 0 saturated heterocycles. The van der Waals surface area contributed by atoms with Crippen molar-refractivity contribution >= 4 is 28.8 Å². The highest BCUT2D eigenvalue weighted by Gasteiger charge is 2.23. The van der Waals surface area contributed by atoms with Crippen molar-refractivity contribution in [2.45, 2.75) is 13.8 Å². The summed E-state index contributed by atoms with van der Waals surface area (Å²) in [5.41, 5.74) is 13.1. The molecule has 5 rings (SSSR count). The van der Waals surface area contributed by atoms with E-state index in [-0.39, 0.29) is 6.71 Å². The summed E-state index contributed by atoms with van der Waals surface area (Å²) < 4.78 is 0. The van der Waals surface area contributed by atoms with Gasteiger partial charge in [-0.2, -0.15) is 0 Å². The third-order valence-corrected chi connectivity index (χ3v) is 7.20. The normalized spacial score (nSPS) is 15.0. The van der Waals surface area contributed by atoms with Gasteiger partial charge in [0.2, 0.25) is 6.71 Å². The van der Waals surface area contributed by atoms with Crippen LogP contribution in [0.4, 0.5) is 0 Å². The van der Waals surface area contributed by atoms with E-state index in [4.69, 9.17) is 0 Å². The van der Waals surface area contributed by atoms with Crippen LogP contribution >= 0.6 is 0 Å². The predicted molar refractivity (Wildman–Crippen MR) is 174 cm³/mol. The summed E-state index contributed by atoms with van der Waals surface area (Å²) in [7, 11) is 0. The number of fused-ring (bicyclic) bond motifs is 1. The average molecular weight is 500 g/mol. The number of rotatable bonds is 6. The Labute approximate surface area is 233 Å². The fourth-order valence-electron chi connectivity index (χ4n) is 5.29. The fraction of sp³-hybridized carbons (Fsp3) is 0.0526. The molecule has 0 unspecified atom stereocenters. The number of aryl methyl sites for hydroxylation is 1. The van der Waals surface area contributed by atoms with E-state index in [1.54, 1.807) is 0 Å². The molecule has 0 nitrogen and oxygen atoms in total. The molecule has 1 aliphatic rings. The van der Waals surface area contributed by atoms with Gasteiger partial charge in [-0.1, -0.05) is 151 Å². The Morgan fingerprint density at radius 2 is 1.56 bits per heavy atom. The molecule has 4 aromatic rings. The van der Waals surface area contributed by atoms with Crippen LogP contribution in [-0.2, 0) is 0 Å². The van der Waals surface area contributed by atoms with Crippen molar-refractivity contribution in [1.82, 2.24) is 0 Å². The lowest BCUT2D eigenvalue weighted by Crippen LogP contribution is -2.43. The maximum Gasteiger partial charge on any atom is 0.234 e. The Balaban J connectivity index is 1.71. The van der Waals surface area contributed by atoms with Gasteiger partial charge in [0, 0.05) is 0 Å². The number of allylic oxidation sites excluding steroid dienone is 9. The lowest BCUT2D eigenvalue weighted by atomic mass is 9.39. The molecule has 0 bridgehead atoms. The zero-order valence-corrected chi connectivity index (χ0v) is 22.8. The Morgan fingerprint density at radius 3 is 2.33 bits per heavy atom. The Bertz CT molecular complexity index is 1640. The van der Waals surface area contributed by atoms with Gasteiger partial charge < -0.3 is 0 Å². The van der Waals surface area contributed by atoms with Crippen molar-refractivity contribution < 1.29 is 0 Å². The van der Waals surface area contributed by atoms with E-state index < -0.39 is 0 Å². The average Bonchev–Trinajstić information content (AvgIpc) is 2.96. The molecule has 0 aliphatic carbocycles. The molecule has 0 radical (unpaired) electrons. The van der Waals surface area contributed by atoms with Crippen molar-refractivity contribution in [2.75, 3.05) is 0 Å². The summed E-state index contributed by atoms with van der Waals surface area (Å²) in [4.78, 5) is 0. The van der Waals surface area contributed by atoms with Gasteiger partial charge >= 0.3 is 0 Å². The smallest absolute Gasteiger partial charge is 0.105 e. The second-order valence-corrected chi connectivity index (χ2v) is 9.99. The maximum absolute atomic E-state index is 4.45. The molecule has 188 valence electrons. The standard InChI is InChI=1S/C38H33B/c1-5-13-30(14-6-2)34-24-35(31-17-8-7-9-18-31)26-36(25-34)39-22-11-10-16-29(4)37-27-33(20-21-38(37)39)32-19-12-15-28(3)23-32/h5-27H,1,4H2,2-3H3/b14-6-,16-10-,22-11-,30-13+. The van der Waals surface area contributed by atoms with Crippen molar-refractivity contribution in [2.24, 2.45) is 0 Å². The number of benzene rings is 4. The summed E-state index contributed by atoms with van der Waals surface area (Å²) >= 11 is 0. The van der Waals surface area contributed by atoms with E-state index in [0.29, 0.717) is 0 Å². The largest absolute Gasteiger partial charge is 0.234 e. The molecule has 0 aromatic heterocycles. The molecule has 1 heteroatoms. The van der Waals surface area contributed by atoms with E-state index in [1.807, 2.05) is 6.08 Å². The molecule has 0 spiro atoms. The molecule has 0 N–H and O–H groups in total. The van der Waals surface area contributed by atoms with Crippen LogP contribution in [-0.4, -0.2) is 6.71 Å². The van der Waals surface area contributed by atoms with Crippen LogP contribution in [0.15, 0.2) is 153 Å². The Hall–Kier alpha value is -4.62. The Morgan fingerprint density at radius 1 is 0.769 bits per heavy atom. The molecule has 1 aliphatic heterocycles. The van der Waals surface area contributed by atoms with Gasteiger partial charge in [0.05, 0.1) is 0 Å². The third kappa shape index (κ3) is 5.79. The predicted octanol–water partition coefficient (Wildman–Crippen LogP) is 8.76. The first-order valence-corrected chi connectivity index (χ1v) is 13.5. The maximum atomic E-state index is 4.45. The van der Waals surface area contributed by atoms with Gasteiger partial charge in [-0.05, 0) is 70.5 Å². The zero-order valence-electron chi connectivity index (χ0n) is 22.8.